The first kappa shape index (κ1) is 17.9. The molecule has 0 atom stereocenters. The largest absolute Gasteiger partial charge is 0.372 e. The summed E-state index contributed by atoms with van der Waals surface area (Å²) in [6.45, 7) is 4.31. The van der Waals surface area contributed by atoms with Gasteiger partial charge < -0.3 is 10.2 Å². The van der Waals surface area contributed by atoms with Gasteiger partial charge in [-0.2, -0.15) is 0 Å². The van der Waals surface area contributed by atoms with Crippen LogP contribution in [0.1, 0.15) is 30.4 Å². The average molecular weight is 378 g/mol. The highest BCUT2D eigenvalue weighted by Crippen LogP contribution is 2.29. The van der Waals surface area contributed by atoms with Crippen LogP contribution in [0.3, 0.4) is 0 Å². The molecule has 0 bridgehead atoms. The molecule has 138 valence electrons. The van der Waals surface area contributed by atoms with Gasteiger partial charge in [0, 0.05) is 18.8 Å². The van der Waals surface area contributed by atoms with E-state index in [1.165, 1.54) is 42.3 Å². The fourth-order valence-electron chi connectivity index (χ4n) is 3.30. The number of hydrogen-bond donors (Lipinski definition) is 1. The van der Waals surface area contributed by atoms with Gasteiger partial charge in [0.25, 0.3) is 5.91 Å². The lowest BCUT2D eigenvalue weighted by molar-refractivity contribution is -0.115. The Morgan fingerprint density at radius 3 is 2.41 bits per heavy atom. The quantitative estimate of drug-likeness (QED) is 0.776. The molecule has 2 aromatic carbocycles. The molecule has 0 saturated carbocycles. The van der Waals surface area contributed by atoms with E-state index in [1.54, 1.807) is 0 Å². The highest BCUT2D eigenvalue weighted by atomic mass is 32.2. The van der Waals surface area contributed by atoms with Crippen LogP contribution in [0.5, 0.6) is 0 Å². The Kier molecular flexibility index (Phi) is 5.30. The van der Waals surface area contributed by atoms with Crippen LogP contribution in [0.2, 0.25) is 0 Å². The van der Waals surface area contributed by atoms with Crippen molar-refractivity contribution in [2.45, 2.75) is 26.2 Å². The molecular weight excluding hydrogens is 354 g/mol. The molecule has 0 aliphatic carbocycles. The zero-order chi connectivity index (χ0) is 18.6. The summed E-state index contributed by atoms with van der Waals surface area (Å²) in [6.07, 6.45) is 5.80. The number of carbonyl (C=O) groups is 1. The Labute approximate surface area is 164 Å². The monoisotopic (exact) mass is 377 g/mol. The van der Waals surface area contributed by atoms with Crippen molar-refractivity contribution in [2.75, 3.05) is 18.0 Å². The molecule has 4 rings (SSSR count). The molecule has 0 unspecified atom stereocenters. The number of thioether (sulfide) groups is 1. The Morgan fingerprint density at radius 1 is 1.00 bits per heavy atom. The van der Waals surface area contributed by atoms with Gasteiger partial charge in [-0.25, -0.2) is 4.99 Å². The second-order valence-corrected chi connectivity index (χ2v) is 7.99. The van der Waals surface area contributed by atoms with E-state index in [0.717, 1.165) is 24.3 Å². The van der Waals surface area contributed by atoms with Gasteiger partial charge in [0.1, 0.15) is 0 Å². The average Bonchev–Trinajstić information content (AvgIpc) is 3.04. The summed E-state index contributed by atoms with van der Waals surface area (Å²) in [4.78, 5) is 19.9. The molecule has 5 heteroatoms. The molecule has 4 nitrogen and oxygen atoms in total. The smallest absolute Gasteiger partial charge is 0.264 e. The number of amidine groups is 1. The number of rotatable bonds is 3. The number of nitrogens with one attached hydrogen (secondary N) is 1. The zero-order valence-corrected chi connectivity index (χ0v) is 16.3. The number of nitrogens with zero attached hydrogens (tertiary/aromatic N) is 2. The number of amides is 1. The Morgan fingerprint density at radius 2 is 1.70 bits per heavy atom. The molecule has 2 aliphatic rings. The summed E-state index contributed by atoms with van der Waals surface area (Å²) in [5.74, 6) is -0.0917. The molecular formula is C22H23N3OS. The van der Waals surface area contributed by atoms with Gasteiger partial charge in [0.15, 0.2) is 5.17 Å². The molecule has 2 aromatic rings. The fourth-order valence-corrected chi connectivity index (χ4v) is 4.14. The van der Waals surface area contributed by atoms with Crippen molar-refractivity contribution in [2.24, 2.45) is 4.99 Å². The molecule has 1 amide bonds. The standard InChI is InChI=1S/C22H23N3OS/c1-16-5-9-18(10-6-16)23-22-24-21(26)20(27-22)15-17-7-11-19(12-8-17)25-13-3-2-4-14-25/h5-12,15H,2-4,13-14H2,1H3,(H,23,24,26)/b20-15-. The third-order valence-electron chi connectivity index (χ3n) is 4.83. The van der Waals surface area contributed by atoms with Gasteiger partial charge in [-0.3, -0.25) is 4.79 Å². The lowest BCUT2D eigenvalue weighted by Crippen LogP contribution is -2.29. The molecule has 0 aromatic heterocycles. The molecule has 0 spiro atoms. The zero-order valence-electron chi connectivity index (χ0n) is 15.4. The van der Waals surface area contributed by atoms with Gasteiger partial charge in [-0.1, -0.05) is 29.8 Å². The second-order valence-electron chi connectivity index (χ2n) is 6.96. The van der Waals surface area contributed by atoms with E-state index in [9.17, 15) is 4.79 Å². The molecule has 2 saturated heterocycles. The summed E-state index contributed by atoms with van der Waals surface area (Å²) in [6, 6.07) is 16.4. The minimum Gasteiger partial charge on any atom is -0.372 e. The van der Waals surface area contributed by atoms with Crippen molar-refractivity contribution in [3.8, 4) is 0 Å². The van der Waals surface area contributed by atoms with E-state index >= 15 is 0 Å². The van der Waals surface area contributed by atoms with Crippen molar-refractivity contribution in [1.29, 1.82) is 0 Å². The summed E-state index contributed by atoms with van der Waals surface area (Å²) >= 11 is 1.38. The molecule has 27 heavy (non-hydrogen) atoms. The highest BCUT2D eigenvalue weighted by molar-refractivity contribution is 8.18. The maximum atomic E-state index is 12.3. The van der Waals surface area contributed by atoms with E-state index in [2.05, 4.69) is 39.5 Å². The number of benzene rings is 2. The van der Waals surface area contributed by atoms with Crippen LogP contribution >= 0.6 is 11.8 Å². The molecule has 2 aliphatic heterocycles. The molecule has 2 fully saturated rings. The third kappa shape index (κ3) is 4.42. The number of aliphatic imine (C=N–C) groups is 1. The van der Waals surface area contributed by atoms with E-state index < -0.39 is 0 Å². The van der Waals surface area contributed by atoms with Crippen molar-refractivity contribution < 1.29 is 4.79 Å². The van der Waals surface area contributed by atoms with Crippen LogP contribution < -0.4 is 10.2 Å². The van der Waals surface area contributed by atoms with Gasteiger partial charge >= 0.3 is 0 Å². The summed E-state index contributed by atoms with van der Waals surface area (Å²) in [5.41, 5.74) is 4.33. The van der Waals surface area contributed by atoms with Crippen LogP contribution in [-0.4, -0.2) is 24.2 Å². The maximum Gasteiger partial charge on any atom is 0.264 e. The van der Waals surface area contributed by atoms with E-state index in [-0.39, 0.29) is 5.91 Å². The van der Waals surface area contributed by atoms with Crippen molar-refractivity contribution >= 4 is 40.3 Å². The third-order valence-corrected chi connectivity index (χ3v) is 5.74. The van der Waals surface area contributed by atoms with E-state index in [4.69, 9.17) is 0 Å². The first-order valence-electron chi connectivity index (χ1n) is 9.39. The molecule has 2 heterocycles. The molecule has 0 radical (unpaired) electrons. The lowest BCUT2D eigenvalue weighted by atomic mass is 10.1. The first-order chi connectivity index (χ1) is 13.2. The maximum absolute atomic E-state index is 12.3. The SMILES string of the molecule is Cc1ccc(N=C2NC(=O)/C(=C/c3ccc(N4CCCCC4)cc3)S2)cc1. The lowest BCUT2D eigenvalue weighted by Gasteiger charge is -2.28. The van der Waals surface area contributed by atoms with Gasteiger partial charge in [0.05, 0.1) is 10.6 Å². The summed E-state index contributed by atoms with van der Waals surface area (Å²) in [7, 11) is 0. The number of aryl methyl sites for hydroxylation is 1. The van der Waals surface area contributed by atoms with Crippen molar-refractivity contribution in [3.63, 3.8) is 0 Å². The predicted octanol–water partition coefficient (Wildman–Crippen LogP) is 4.88. The number of carbonyl (C=O) groups excluding carboxylic acids is 1. The molecule has 1 N–H and O–H groups in total. The normalized spacial score (nSPS) is 20.3. The fraction of sp³-hybridized carbons (Fsp3) is 0.273. The minimum absolute atomic E-state index is 0.0917. The van der Waals surface area contributed by atoms with Gasteiger partial charge in [-0.05, 0) is 73.9 Å². The van der Waals surface area contributed by atoms with Crippen LogP contribution in [0, 0.1) is 6.92 Å². The van der Waals surface area contributed by atoms with Crippen molar-refractivity contribution in [1.82, 2.24) is 5.32 Å². The Hall–Kier alpha value is -2.53. The number of piperidine rings is 1. The van der Waals surface area contributed by atoms with E-state index in [0.29, 0.717) is 10.1 Å². The van der Waals surface area contributed by atoms with Gasteiger partial charge in [-0.15, -0.1) is 0 Å². The Bertz CT molecular complexity index is 879. The van der Waals surface area contributed by atoms with Crippen LogP contribution in [0.4, 0.5) is 11.4 Å². The predicted molar refractivity (Wildman–Crippen MR) is 114 cm³/mol. The minimum atomic E-state index is -0.0917. The summed E-state index contributed by atoms with van der Waals surface area (Å²) in [5, 5.41) is 3.47. The van der Waals surface area contributed by atoms with Crippen LogP contribution in [0.15, 0.2) is 58.4 Å². The second kappa shape index (κ2) is 8.01. The Balaban J connectivity index is 1.47. The van der Waals surface area contributed by atoms with Crippen LogP contribution in [-0.2, 0) is 4.79 Å². The summed E-state index contributed by atoms with van der Waals surface area (Å²) < 4.78 is 0. The number of anilines is 1. The van der Waals surface area contributed by atoms with Crippen molar-refractivity contribution in [3.05, 3.63) is 64.6 Å². The first-order valence-corrected chi connectivity index (χ1v) is 10.2. The number of hydrogen-bond acceptors (Lipinski definition) is 4. The van der Waals surface area contributed by atoms with Gasteiger partial charge in [0.2, 0.25) is 0 Å². The van der Waals surface area contributed by atoms with Crippen LogP contribution in [0.25, 0.3) is 6.08 Å². The highest BCUT2D eigenvalue weighted by Gasteiger charge is 2.23. The van der Waals surface area contributed by atoms with E-state index in [1.807, 2.05) is 37.3 Å². The topological polar surface area (TPSA) is 44.7 Å².